The summed E-state index contributed by atoms with van der Waals surface area (Å²) < 4.78 is 4.90. The van der Waals surface area contributed by atoms with Crippen LogP contribution in [0, 0.1) is 6.57 Å². The molecule has 0 spiro atoms. The summed E-state index contributed by atoms with van der Waals surface area (Å²) in [5.74, 6) is -0.331. The Morgan fingerprint density at radius 1 is 1.16 bits per heavy atom. The second kappa shape index (κ2) is 10.6. The lowest BCUT2D eigenvalue weighted by Gasteiger charge is -2.10. The molecule has 3 heteroatoms. The highest BCUT2D eigenvalue weighted by atomic mass is 16.5. The molecule has 0 unspecified atom stereocenters. The van der Waals surface area contributed by atoms with Crippen molar-refractivity contribution in [2.45, 2.75) is 70.8 Å². The highest BCUT2D eigenvalue weighted by molar-refractivity contribution is 5.81. The van der Waals surface area contributed by atoms with Crippen LogP contribution in [0.2, 0.25) is 0 Å². The summed E-state index contributed by atoms with van der Waals surface area (Å²) in [7, 11) is 0. The number of hydrogen-bond donors (Lipinski definition) is 0. The first-order valence-corrected chi connectivity index (χ1v) is 7.19. The summed E-state index contributed by atoms with van der Waals surface area (Å²) in [6.07, 6.45) is 10.3. The van der Waals surface area contributed by atoms with E-state index >= 15 is 0 Å². The molecular formula is C16H27NO2. The molecule has 0 saturated carbocycles. The average molecular weight is 265 g/mol. The largest absolute Gasteiger partial charge is 0.463 e. The van der Waals surface area contributed by atoms with Crippen molar-refractivity contribution in [2.24, 2.45) is 0 Å². The number of carbonyl (C=O) groups excluding carboxylic acids is 1. The van der Waals surface area contributed by atoms with Crippen LogP contribution in [0.25, 0.3) is 4.85 Å². The van der Waals surface area contributed by atoms with Crippen molar-refractivity contribution in [1.29, 1.82) is 0 Å². The van der Waals surface area contributed by atoms with Gasteiger partial charge in [0, 0.05) is 26.3 Å². The predicted molar refractivity (Wildman–Crippen MR) is 78.8 cm³/mol. The van der Waals surface area contributed by atoms with E-state index in [1.54, 1.807) is 0 Å². The van der Waals surface area contributed by atoms with E-state index in [4.69, 9.17) is 11.3 Å². The molecule has 3 nitrogen and oxygen atoms in total. The molecule has 0 fully saturated rings. The molecule has 0 aromatic carbocycles. The quantitative estimate of drug-likeness (QED) is 0.238. The number of esters is 1. The lowest BCUT2D eigenvalue weighted by Crippen LogP contribution is -2.12. The van der Waals surface area contributed by atoms with Gasteiger partial charge in [-0.05, 0) is 12.8 Å². The van der Waals surface area contributed by atoms with Crippen molar-refractivity contribution in [1.82, 2.24) is 0 Å². The van der Waals surface area contributed by atoms with Gasteiger partial charge in [-0.3, -0.25) is 0 Å². The van der Waals surface area contributed by atoms with Crippen molar-refractivity contribution in [3.05, 3.63) is 24.1 Å². The lowest BCUT2D eigenvalue weighted by molar-refractivity contribution is -0.137. The summed E-state index contributed by atoms with van der Waals surface area (Å²) in [4.78, 5) is 14.4. The highest BCUT2D eigenvalue weighted by Gasteiger charge is 2.21. The summed E-state index contributed by atoms with van der Waals surface area (Å²) in [6.45, 7) is 14.9. The zero-order valence-electron chi connectivity index (χ0n) is 12.4. The Bertz CT molecular complexity index is 302. The van der Waals surface area contributed by atoms with Crippen molar-refractivity contribution in [3.8, 4) is 0 Å². The predicted octanol–water partition coefficient (Wildman–Crippen LogP) is 4.53. The fourth-order valence-corrected chi connectivity index (χ4v) is 1.83. The molecule has 0 heterocycles. The van der Waals surface area contributed by atoms with Crippen molar-refractivity contribution in [2.75, 3.05) is 6.61 Å². The van der Waals surface area contributed by atoms with Crippen LogP contribution in [0.1, 0.15) is 65.2 Å². The zero-order chi connectivity index (χ0) is 14.6. The number of ether oxygens (including phenoxy) is 1. The Morgan fingerprint density at radius 3 is 2.21 bits per heavy atom. The molecule has 108 valence electrons. The van der Waals surface area contributed by atoms with Crippen LogP contribution in [0.5, 0.6) is 0 Å². The van der Waals surface area contributed by atoms with Gasteiger partial charge in [-0.15, -0.1) is 0 Å². The Morgan fingerprint density at radius 2 is 1.68 bits per heavy atom. The molecule has 0 atom stereocenters. The molecule has 0 bridgehead atoms. The SMILES string of the molecule is [C-]#[N+]C(C)(C)CCCCCCCCCOC(=O)C=C. The van der Waals surface area contributed by atoms with E-state index < -0.39 is 0 Å². The minimum absolute atomic E-state index is 0.185. The van der Waals surface area contributed by atoms with Crippen LogP contribution in [-0.2, 0) is 9.53 Å². The van der Waals surface area contributed by atoms with Crippen LogP contribution in [0.4, 0.5) is 0 Å². The van der Waals surface area contributed by atoms with Gasteiger partial charge in [-0.1, -0.05) is 38.7 Å². The second-order valence-corrected chi connectivity index (χ2v) is 5.52. The van der Waals surface area contributed by atoms with Crippen LogP contribution >= 0.6 is 0 Å². The smallest absolute Gasteiger partial charge is 0.330 e. The van der Waals surface area contributed by atoms with E-state index in [-0.39, 0.29) is 11.5 Å². The van der Waals surface area contributed by atoms with Gasteiger partial charge in [-0.25, -0.2) is 11.4 Å². The second-order valence-electron chi connectivity index (χ2n) is 5.52. The average Bonchev–Trinajstić information content (AvgIpc) is 2.40. The van der Waals surface area contributed by atoms with Crippen LogP contribution in [-0.4, -0.2) is 18.1 Å². The van der Waals surface area contributed by atoms with E-state index in [9.17, 15) is 4.79 Å². The maximum Gasteiger partial charge on any atom is 0.330 e. The van der Waals surface area contributed by atoms with Gasteiger partial charge in [0.15, 0.2) is 0 Å². The van der Waals surface area contributed by atoms with Gasteiger partial charge in [0.25, 0.3) is 0 Å². The fraction of sp³-hybridized carbons (Fsp3) is 0.750. The summed E-state index contributed by atoms with van der Waals surface area (Å²) in [5.41, 5.74) is -0.185. The molecule has 19 heavy (non-hydrogen) atoms. The number of hydrogen-bond acceptors (Lipinski definition) is 2. The Balaban J connectivity index is 3.22. The third-order valence-electron chi connectivity index (χ3n) is 3.15. The highest BCUT2D eigenvalue weighted by Crippen LogP contribution is 2.19. The van der Waals surface area contributed by atoms with E-state index in [2.05, 4.69) is 11.4 Å². The van der Waals surface area contributed by atoms with Gasteiger partial charge >= 0.3 is 5.97 Å². The van der Waals surface area contributed by atoms with Gasteiger partial charge in [0.05, 0.1) is 6.61 Å². The Kier molecular flexibility index (Phi) is 9.88. The molecule has 0 rings (SSSR count). The van der Waals surface area contributed by atoms with Crippen molar-refractivity contribution < 1.29 is 9.53 Å². The molecule has 0 aliphatic rings. The first-order valence-electron chi connectivity index (χ1n) is 7.19. The van der Waals surface area contributed by atoms with Crippen LogP contribution in [0.3, 0.4) is 0 Å². The van der Waals surface area contributed by atoms with Crippen molar-refractivity contribution >= 4 is 5.97 Å². The van der Waals surface area contributed by atoms with Gasteiger partial charge < -0.3 is 9.58 Å². The van der Waals surface area contributed by atoms with E-state index in [1.807, 2.05) is 13.8 Å². The molecule has 0 aliphatic carbocycles. The minimum atomic E-state index is -0.331. The molecule has 0 N–H and O–H groups in total. The number of carbonyl (C=O) groups is 1. The number of rotatable bonds is 11. The number of nitrogens with zero attached hydrogens (tertiary/aromatic N) is 1. The molecular weight excluding hydrogens is 238 g/mol. The maximum atomic E-state index is 10.8. The third kappa shape index (κ3) is 11.5. The summed E-state index contributed by atoms with van der Waals surface area (Å²) >= 11 is 0. The minimum Gasteiger partial charge on any atom is -0.463 e. The third-order valence-corrected chi connectivity index (χ3v) is 3.15. The normalized spacial score (nSPS) is 10.8. The molecule has 0 amide bonds. The topological polar surface area (TPSA) is 30.7 Å². The molecule has 0 saturated heterocycles. The Labute approximate surface area is 117 Å². The van der Waals surface area contributed by atoms with Gasteiger partial charge in [0.2, 0.25) is 5.54 Å². The van der Waals surface area contributed by atoms with E-state index in [1.165, 1.54) is 31.8 Å². The lowest BCUT2D eigenvalue weighted by atomic mass is 9.97. The molecule has 0 aromatic heterocycles. The van der Waals surface area contributed by atoms with Gasteiger partial charge in [0.1, 0.15) is 0 Å². The van der Waals surface area contributed by atoms with E-state index in [0.717, 1.165) is 25.7 Å². The maximum absolute atomic E-state index is 10.8. The summed E-state index contributed by atoms with van der Waals surface area (Å²) in [5, 5.41) is 0. The van der Waals surface area contributed by atoms with Crippen LogP contribution in [0.15, 0.2) is 12.7 Å². The first kappa shape index (κ1) is 17.7. The standard InChI is InChI=1S/C16H27NO2/c1-5-15(18)19-14-12-10-8-6-7-9-11-13-16(2,3)17-4/h5H,1,6-14H2,2-3H3. The Hall–Kier alpha value is -1.30. The molecule has 0 aromatic rings. The zero-order valence-corrected chi connectivity index (χ0v) is 12.4. The van der Waals surface area contributed by atoms with E-state index in [0.29, 0.717) is 6.61 Å². The monoisotopic (exact) mass is 265 g/mol. The first-order chi connectivity index (χ1) is 9.02. The van der Waals surface area contributed by atoms with Gasteiger partial charge in [-0.2, -0.15) is 0 Å². The summed E-state index contributed by atoms with van der Waals surface area (Å²) in [6, 6.07) is 0. The van der Waals surface area contributed by atoms with Crippen molar-refractivity contribution in [3.63, 3.8) is 0 Å². The number of unbranched alkanes of at least 4 members (excludes halogenated alkanes) is 6. The fourth-order valence-electron chi connectivity index (χ4n) is 1.83. The molecule has 0 aliphatic heterocycles. The molecule has 0 radical (unpaired) electrons. The van der Waals surface area contributed by atoms with Crippen LogP contribution < -0.4 is 0 Å².